The van der Waals surface area contributed by atoms with Gasteiger partial charge in [0, 0.05) is 6.92 Å². The number of aliphatic hydroxyl groups excluding tert-OH is 3. The quantitative estimate of drug-likeness (QED) is 0.381. The molecule has 1 aliphatic heterocycles. The van der Waals surface area contributed by atoms with Crippen LogP contribution < -0.4 is 0 Å². The van der Waals surface area contributed by atoms with Gasteiger partial charge in [0.1, 0.15) is 18.3 Å². The van der Waals surface area contributed by atoms with Gasteiger partial charge in [0.15, 0.2) is 5.78 Å². The summed E-state index contributed by atoms with van der Waals surface area (Å²) < 4.78 is 4.64. The van der Waals surface area contributed by atoms with Gasteiger partial charge in [-0.3, -0.25) is 4.79 Å². The van der Waals surface area contributed by atoms with Crippen molar-refractivity contribution in [1.29, 1.82) is 0 Å². The average Bonchev–Trinajstić information content (AvgIpc) is 2.31. The molecular formula is C7H12O6. The number of aliphatic hydroxyl groups is 4. The van der Waals surface area contributed by atoms with Crippen LogP contribution in [0.3, 0.4) is 0 Å². The lowest BCUT2D eigenvalue weighted by molar-refractivity contribution is -0.222. The van der Waals surface area contributed by atoms with E-state index in [4.69, 9.17) is 5.11 Å². The molecule has 4 atom stereocenters. The van der Waals surface area contributed by atoms with Gasteiger partial charge in [0.05, 0.1) is 6.61 Å². The molecule has 0 amide bonds. The maximum Gasteiger partial charge on any atom is 0.256 e. The van der Waals surface area contributed by atoms with Gasteiger partial charge in [-0.05, 0) is 0 Å². The van der Waals surface area contributed by atoms with E-state index in [9.17, 15) is 20.1 Å². The Hall–Kier alpha value is -0.530. The van der Waals surface area contributed by atoms with Crippen molar-refractivity contribution in [3.05, 3.63) is 0 Å². The summed E-state index contributed by atoms with van der Waals surface area (Å²) in [5.41, 5.74) is 0. The van der Waals surface area contributed by atoms with Crippen molar-refractivity contribution in [2.75, 3.05) is 6.61 Å². The van der Waals surface area contributed by atoms with Crippen molar-refractivity contribution < 1.29 is 30.0 Å². The Morgan fingerprint density at radius 1 is 1.54 bits per heavy atom. The number of ketones is 1. The number of hydrogen-bond acceptors (Lipinski definition) is 6. The monoisotopic (exact) mass is 192 g/mol. The minimum absolute atomic E-state index is 0.576. The first kappa shape index (κ1) is 10.6. The summed E-state index contributed by atoms with van der Waals surface area (Å²) in [6.07, 6.45) is -4.31. The zero-order valence-corrected chi connectivity index (χ0v) is 7.04. The molecule has 76 valence electrons. The zero-order chi connectivity index (χ0) is 10.2. The fourth-order valence-electron chi connectivity index (χ4n) is 1.24. The van der Waals surface area contributed by atoms with E-state index >= 15 is 0 Å². The van der Waals surface area contributed by atoms with Crippen LogP contribution in [0.15, 0.2) is 0 Å². The molecule has 1 fully saturated rings. The van der Waals surface area contributed by atoms with Gasteiger partial charge in [-0.1, -0.05) is 0 Å². The lowest BCUT2D eigenvalue weighted by Gasteiger charge is -2.22. The molecule has 1 unspecified atom stereocenters. The van der Waals surface area contributed by atoms with Crippen molar-refractivity contribution in [3.8, 4) is 0 Å². The Kier molecular flexibility index (Phi) is 2.69. The van der Waals surface area contributed by atoms with Crippen LogP contribution in [0.4, 0.5) is 0 Å². The number of ether oxygens (including phenoxy) is 1. The number of carbonyl (C=O) groups excluding carboxylic acids is 1. The van der Waals surface area contributed by atoms with Crippen molar-refractivity contribution in [2.45, 2.75) is 31.0 Å². The van der Waals surface area contributed by atoms with E-state index in [1.807, 2.05) is 0 Å². The van der Waals surface area contributed by atoms with Crippen LogP contribution in [0, 0.1) is 0 Å². The summed E-state index contributed by atoms with van der Waals surface area (Å²) in [7, 11) is 0. The molecule has 6 nitrogen and oxygen atoms in total. The van der Waals surface area contributed by atoms with Crippen LogP contribution in [0.5, 0.6) is 0 Å². The lowest BCUT2D eigenvalue weighted by Crippen LogP contribution is -2.48. The number of hydrogen-bond donors (Lipinski definition) is 4. The second-order valence-electron chi connectivity index (χ2n) is 3.03. The lowest BCUT2D eigenvalue weighted by atomic mass is 10.0. The summed E-state index contributed by atoms with van der Waals surface area (Å²) in [6.45, 7) is 0.448. The highest BCUT2D eigenvalue weighted by Crippen LogP contribution is 2.29. The third-order valence-corrected chi connectivity index (χ3v) is 2.12. The Bertz CT molecular complexity index is 217. The molecule has 1 rings (SSSR count). The summed E-state index contributed by atoms with van der Waals surface area (Å²) >= 11 is 0. The van der Waals surface area contributed by atoms with E-state index < -0.39 is 36.5 Å². The highest BCUT2D eigenvalue weighted by atomic mass is 16.7. The molecule has 0 radical (unpaired) electrons. The van der Waals surface area contributed by atoms with Crippen molar-refractivity contribution in [2.24, 2.45) is 0 Å². The third-order valence-electron chi connectivity index (χ3n) is 2.12. The molecule has 0 aliphatic carbocycles. The Morgan fingerprint density at radius 3 is 2.31 bits per heavy atom. The maximum atomic E-state index is 10.9. The maximum absolute atomic E-state index is 10.9. The SMILES string of the molecule is CC(=O)C1(O)O[C@H](CO)[C@@H](O)[C@@H]1O. The molecule has 0 aromatic rings. The van der Waals surface area contributed by atoms with E-state index in [-0.39, 0.29) is 0 Å². The first-order valence-corrected chi connectivity index (χ1v) is 3.81. The van der Waals surface area contributed by atoms with Crippen molar-refractivity contribution in [1.82, 2.24) is 0 Å². The number of Topliss-reactive ketones (excluding diaryl/α,β-unsaturated/α-hetero) is 1. The summed E-state index contributed by atoms with van der Waals surface area (Å²) in [4.78, 5) is 10.9. The smallest absolute Gasteiger partial charge is 0.256 e. The minimum Gasteiger partial charge on any atom is -0.394 e. The summed E-state index contributed by atoms with van der Waals surface area (Å²) in [5, 5.41) is 36.5. The fraction of sp³-hybridized carbons (Fsp3) is 0.857. The summed E-state index contributed by atoms with van der Waals surface area (Å²) in [6, 6.07) is 0. The summed E-state index contributed by atoms with van der Waals surface area (Å²) in [5.74, 6) is -3.21. The van der Waals surface area contributed by atoms with Gasteiger partial charge in [0.2, 0.25) is 0 Å². The molecule has 0 bridgehead atoms. The van der Waals surface area contributed by atoms with Crippen LogP contribution >= 0.6 is 0 Å². The van der Waals surface area contributed by atoms with Gasteiger partial charge in [-0.2, -0.15) is 0 Å². The van der Waals surface area contributed by atoms with E-state index in [0.717, 1.165) is 6.92 Å². The molecule has 1 heterocycles. The van der Waals surface area contributed by atoms with E-state index in [1.54, 1.807) is 0 Å². The van der Waals surface area contributed by atoms with Crippen LogP contribution in [0.25, 0.3) is 0 Å². The highest BCUT2D eigenvalue weighted by Gasteiger charge is 2.56. The van der Waals surface area contributed by atoms with Gasteiger partial charge in [-0.15, -0.1) is 0 Å². The standard InChI is InChI=1S/C7H12O6/c1-3(9)7(12)6(11)5(10)4(2-8)13-7/h4-6,8,10-12H,2H2,1H3/t4-,5-,6+,7?/m1/s1. The molecule has 1 aliphatic rings. The first-order chi connectivity index (χ1) is 5.93. The minimum atomic E-state index is -2.40. The average molecular weight is 192 g/mol. The molecular weight excluding hydrogens is 180 g/mol. The predicted molar refractivity (Wildman–Crippen MR) is 39.6 cm³/mol. The second-order valence-corrected chi connectivity index (χ2v) is 3.03. The molecule has 6 heteroatoms. The van der Waals surface area contributed by atoms with Crippen LogP contribution in [-0.2, 0) is 9.53 Å². The second kappa shape index (κ2) is 3.32. The first-order valence-electron chi connectivity index (χ1n) is 3.81. The molecule has 0 aromatic carbocycles. The molecule has 13 heavy (non-hydrogen) atoms. The Labute approximate surface area is 74.4 Å². The zero-order valence-electron chi connectivity index (χ0n) is 7.04. The van der Waals surface area contributed by atoms with E-state index in [1.165, 1.54) is 0 Å². The molecule has 0 aromatic heterocycles. The normalized spacial score (nSPS) is 45.2. The molecule has 1 saturated heterocycles. The Morgan fingerprint density at radius 2 is 2.08 bits per heavy atom. The predicted octanol–water partition coefficient (Wildman–Crippen LogP) is -2.62. The largest absolute Gasteiger partial charge is 0.394 e. The van der Waals surface area contributed by atoms with Gasteiger partial charge in [0.25, 0.3) is 5.79 Å². The van der Waals surface area contributed by atoms with E-state index in [2.05, 4.69) is 4.74 Å². The number of carbonyl (C=O) groups is 1. The molecule has 0 spiro atoms. The topological polar surface area (TPSA) is 107 Å². The third kappa shape index (κ3) is 1.47. The molecule has 4 N–H and O–H groups in total. The van der Waals surface area contributed by atoms with Crippen LogP contribution in [0.2, 0.25) is 0 Å². The van der Waals surface area contributed by atoms with Crippen molar-refractivity contribution >= 4 is 5.78 Å². The molecule has 0 saturated carbocycles. The van der Waals surface area contributed by atoms with Crippen LogP contribution in [-0.4, -0.2) is 56.9 Å². The van der Waals surface area contributed by atoms with E-state index in [0.29, 0.717) is 0 Å². The van der Waals surface area contributed by atoms with Gasteiger partial charge >= 0.3 is 0 Å². The van der Waals surface area contributed by atoms with Gasteiger partial charge < -0.3 is 25.2 Å². The Balaban J connectivity index is 2.87. The fourth-order valence-corrected chi connectivity index (χ4v) is 1.24. The van der Waals surface area contributed by atoms with Crippen molar-refractivity contribution in [3.63, 3.8) is 0 Å². The van der Waals surface area contributed by atoms with Crippen LogP contribution in [0.1, 0.15) is 6.92 Å². The van der Waals surface area contributed by atoms with Gasteiger partial charge in [-0.25, -0.2) is 0 Å². The number of rotatable bonds is 2. The highest BCUT2D eigenvalue weighted by molar-refractivity contribution is 5.84.